The summed E-state index contributed by atoms with van der Waals surface area (Å²) in [7, 11) is 0. The smallest absolute Gasteiger partial charge is 0.319 e. The lowest BCUT2D eigenvalue weighted by Gasteiger charge is -2.36. The van der Waals surface area contributed by atoms with E-state index in [0.29, 0.717) is 6.54 Å². The summed E-state index contributed by atoms with van der Waals surface area (Å²) >= 11 is 3.40. The van der Waals surface area contributed by atoms with Crippen molar-refractivity contribution in [1.82, 2.24) is 5.32 Å². The number of urea groups is 1. The number of hydrogen-bond donors (Lipinski definition) is 3. The van der Waals surface area contributed by atoms with Crippen LogP contribution in [0.2, 0.25) is 0 Å². The number of amides is 2. The van der Waals surface area contributed by atoms with Gasteiger partial charge in [-0.1, -0.05) is 6.07 Å². The molecule has 4 nitrogen and oxygen atoms in total. The van der Waals surface area contributed by atoms with Gasteiger partial charge in [-0.15, -0.1) is 0 Å². The third-order valence-electron chi connectivity index (χ3n) is 3.24. The van der Waals surface area contributed by atoms with E-state index in [0.717, 1.165) is 35.0 Å². The van der Waals surface area contributed by atoms with Crippen LogP contribution in [0.15, 0.2) is 22.7 Å². The zero-order chi connectivity index (χ0) is 13.2. The van der Waals surface area contributed by atoms with E-state index in [9.17, 15) is 9.90 Å². The number of rotatable bonds is 3. The molecular formula is C13H17BrN2O2. The molecule has 3 N–H and O–H groups in total. The van der Waals surface area contributed by atoms with E-state index in [-0.39, 0.29) is 6.03 Å². The van der Waals surface area contributed by atoms with E-state index >= 15 is 0 Å². The van der Waals surface area contributed by atoms with Gasteiger partial charge < -0.3 is 15.7 Å². The quantitative estimate of drug-likeness (QED) is 0.803. The number of benzene rings is 1. The van der Waals surface area contributed by atoms with E-state index in [1.807, 2.05) is 25.1 Å². The Kier molecular flexibility index (Phi) is 3.92. The molecule has 0 aromatic heterocycles. The Bertz CT molecular complexity index is 458. The van der Waals surface area contributed by atoms with Gasteiger partial charge in [0.25, 0.3) is 0 Å². The Labute approximate surface area is 115 Å². The standard InChI is InChI=1S/C13H17BrN2O2/c1-9-3-4-11(10(14)7-9)16-12(17)15-8-13(18)5-2-6-13/h3-4,7,18H,2,5-6,8H2,1H3,(H2,15,16,17). The van der Waals surface area contributed by atoms with Crippen molar-refractivity contribution in [3.05, 3.63) is 28.2 Å². The predicted octanol–water partition coefficient (Wildman–Crippen LogP) is 2.79. The molecule has 1 aliphatic carbocycles. The Hall–Kier alpha value is -1.07. The molecular weight excluding hydrogens is 296 g/mol. The van der Waals surface area contributed by atoms with Crippen LogP contribution < -0.4 is 10.6 Å². The minimum absolute atomic E-state index is 0.292. The van der Waals surface area contributed by atoms with Crippen LogP contribution in [-0.4, -0.2) is 23.3 Å². The molecule has 2 rings (SSSR count). The first-order valence-corrected chi connectivity index (χ1v) is 6.81. The van der Waals surface area contributed by atoms with Gasteiger partial charge in [-0.2, -0.15) is 0 Å². The van der Waals surface area contributed by atoms with E-state index in [1.165, 1.54) is 0 Å². The number of carbonyl (C=O) groups is 1. The van der Waals surface area contributed by atoms with Crippen LogP contribution in [0, 0.1) is 6.92 Å². The van der Waals surface area contributed by atoms with Crippen molar-refractivity contribution in [3.63, 3.8) is 0 Å². The molecule has 2 amide bonds. The zero-order valence-electron chi connectivity index (χ0n) is 10.3. The summed E-state index contributed by atoms with van der Waals surface area (Å²) in [4.78, 5) is 11.7. The highest BCUT2D eigenvalue weighted by Crippen LogP contribution is 2.30. The van der Waals surface area contributed by atoms with Crippen LogP contribution in [0.25, 0.3) is 0 Å². The fourth-order valence-electron chi connectivity index (χ4n) is 1.89. The van der Waals surface area contributed by atoms with Gasteiger partial charge in [0.2, 0.25) is 0 Å². The first-order valence-electron chi connectivity index (χ1n) is 6.02. The number of aryl methyl sites for hydroxylation is 1. The molecule has 0 unspecified atom stereocenters. The van der Waals surface area contributed by atoms with Gasteiger partial charge in [-0.3, -0.25) is 0 Å². The molecule has 0 spiro atoms. The van der Waals surface area contributed by atoms with Crippen molar-refractivity contribution in [2.24, 2.45) is 0 Å². The lowest BCUT2D eigenvalue weighted by Crippen LogP contribution is -2.48. The summed E-state index contributed by atoms with van der Waals surface area (Å²) in [6.07, 6.45) is 2.56. The van der Waals surface area contributed by atoms with Crippen LogP contribution in [0.1, 0.15) is 24.8 Å². The second-order valence-electron chi connectivity index (χ2n) is 4.87. The summed E-state index contributed by atoms with van der Waals surface area (Å²) in [5.74, 6) is 0. The third-order valence-corrected chi connectivity index (χ3v) is 3.89. The fourth-order valence-corrected chi connectivity index (χ4v) is 2.49. The maximum atomic E-state index is 11.7. The minimum atomic E-state index is -0.693. The number of carbonyl (C=O) groups excluding carboxylic acids is 1. The van der Waals surface area contributed by atoms with Crippen molar-refractivity contribution < 1.29 is 9.90 Å². The average molecular weight is 313 g/mol. The maximum Gasteiger partial charge on any atom is 0.319 e. The van der Waals surface area contributed by atoms with E-state index in [4.69, 9.17) is 0 Å². The third kappa shape index (κ3) is 3.23. The monoisotopic (exact) mass is 312 g/mol. The Morgan fingerprint density at radius 1 is 1.50 bits per heavy atom. The normalized spacial score (nSPS) is 16.8. The molecule has 5 heteroatoms. The summed E-state index contributed by atoms with van der Waals surface area (Å²) < 4.78 is 0.847. The molecule has 0 saturated heterocycles. The highest BCUT2D eigenvalue weighted by Gasteiger charge is 2.34. The highest BCUT2D eigenvalue weighted by molar-refractivity contribution is 9.10. The van der Waals surface area contributed by atoms with Crippen molar-refractivity contribution in [2.75, 3.05) is 11.9 Å². The van der Waals surface area contributed by atoms with Gasteiger partial charge in [-0.05, 0) is 59.8 Å². The number of hydrogen-bond acceptors (Lipinski definition) is 2. The van der Waals surface area contributed by atoms with E-state index < -0.39 is 5.60 Å². The molecule has 98 valence electrons. The van der Waals surface area contributed by atoms with Crippen LogP contribution in [0.5, 0.6) is 0 Å². The van der Waals surface area contributed by atoms with Crippen LogP contribution in [0.4, 0.5) is 10.5 Å². The van der Waals surface area contributed by atoms with Gasteiger partial charge in [0.15, 0.2) is 0 Å². The largest absolute Gasteiger partial charge is 0.388 e. The van der Waals surface area contributed by atoms with Crippen LogP contribution in [0.3, 0.4) is 0 Å². The molecule has 1 aliphatic rings. The number of anilines is 1. The summed E-state index contributed by atoms with van der Waals surface area (Å²) in [5.41, 5.74) is 1.15. The van der Waals surface area contributed by atoms with Crippen molar-refractivity contribution >= 4 is 27.6 Å². The Morgan fingerprint density at radius 3 is 2.78 bits per heavy atom. The molecule has 0 bridgehead atoms. The van der Waals surface area contributed by atoms with E-state index in [1.54, 1.807) is 0 Å². The lowest BCUT2D eigenvalue weighted by atomic mass is 9.80. The number of aliphatic hydroxyl groups is 1. The highest BCUT2D eigenvalue weighted by atomic mass is 79.9. The van der Waals surface area contributed by atoms with Crippen LogP contribution >= 0.6 is 15.9 Å². The average Bonchev–Trinajstić information content (AvgIpc) is 2.28. The molecule has 0 aliphatic heterocycles. The summed E-state index contributed by atoms with van der Waals surface area (Å²) in [6.45, 7) is 2.29. The maximum absolute atomic E-state index is 11.7. The van der Waals surface area contributed by atoms with Gasteiger partial charge in [0, 0.05) is 11.0 Å². The SMILES string of the molecule is Cc1ccc(NC(=O)NCC2(O)CCC2)c(Br)c1. The molecule has 1 aromatic carbocycles. The minimum Gasteiger partial charge on any atom is -0.388 e. The van der Waals surface area contributed by atoms with Crippen molar-refractivity contribution in [2.45, 2.75) is 31.8 Å². The van der Waals surface area contributed by atoms with Gasteiger partial charge >= 0.3 is 6.03 Å². The Balaban J connectivity index is 1.87. The van der Waals surface area contributed by atoms with Crippen molar-refractivity contribution in [3.8, 4) is 0 Å². The summed E-state index contributed by atoms with van der Waals surface area (Å²) in [6, 6.07) is 5.42. The van der Waals surface area contributed by atoms with Crippen LogP contribution in [-0.2, 0) is 0 Å². The Morgan fingerprint density at radius 2 is 2.22 bits per heavy atom. The number of nitrogens with one attached hydrogen (secondary N) is 2. The van der Waals surface area contributed by atoms with E-state index in [2.05, 4.69) is 26.6 Å². The molecule has 0 atom stereocenters. The second kappa shape index (κ2) is 5.28. The fraction of sp³-hybridized carbons (Fsp3) is 0.462. The first kappa shape index (κ1) is 13.4. The topological polar surface area (TPSA) is 61.4 Å². The lowest BCUT2D eigenvalue weighted by molar-refractivity contribution is -0.0287. The summed E-state index contributed by atoms with van der Waals surface area (Å²) in [5, 5.41) is 15.3. The first-order chi connectivity index (χ1) is 8.48. The molecule has 1 saturated carbocycles. The molecule has 0 heterocycles. The molecule has 0 radical (unpaired) electrons. The molecule has 1 fully saturated rings. The van der Waals surface area contributed by atoms with Gasteiger partial charge in [0.1, 0.15) is 0 Å². The predicted molar refractivity (Wildman–Crippen MR) is 74.7 cm³/mol. The number of halogens is 1. The molecule has 18 heavy (non-hydrogen) atoms. The van der Waals surface area contributed by atoms with Gasteiger partial charge in [-0.25, -0.2) is 4.79 Å². The van der Waals surface area contributed by atoms with Gasteiger partial charge in [0.05, 0.1) is 11.3 Å². The van der Waals surface area contributed by atoms with Crippen molar-refractivity contribution in [1.29, 1.82) is 0 Å². The molecule has 1 aromatic rings. The zero-order valence-corrected chi connectivity index (χ0v) is 11.9. The second-order valence-corrected chi connectivity index (χ2v) is 5.72.